The molecule has 4 aromatic rings. The maximum absolute atomic E-state index is 4.42. The van der Waals surface area contributed by atoms with E-state index < -0.39 is 0 Å². The van der Waals surface area contributed by atoms with Crippen molar-refractivity contribution in [2.24, 2.45) is 0 Å². The van der Waals surface area contributed by atoms with Crippen molar-refractivity contribution in [1.82, 2.24) is 19.9 Å². The van der Waals surface area contributed by atoms with Gasteiger partial charge in [-0.05, 0) is 75.2 Å². The fourth-order valence-electron chi connectivity index (χ4n) is 2.61. The van der Waals surface area contributed by atoms with Crippen LogP contribution in [0, 0.1) is 27.7 Å². The highest BCUT2D eigenvalue weighted by molar-refractivity contribution is 5.54. The Balaban J connectivity index is 0.000000161. The van der Waals surface area contributed by atoms with Gasteiger partial charge in [0.1, 0.15) is 0 Å². The van der Waals surface area contributed by atoms with Crippen LogP contribution in [0.15, 0.2) is 73.1 Å². The summed E-state index contributed by atoms with van der Waals surface area (Å²) in [5, 5.41) is 0. The monoisotopic (exact) mass is 368 g/mol. The molecule has 0 fully saturated rings. The lowest BCUT2D eigenvalue weighted by atomic mass is 10.2. The van der Waals surface area contributed by atoms with Gasteiger partial charge >= 0.3 is 0 Å². The van der Waals surface area contributed by atoms with Gasteiger partial charge in [-0.2, -0.15) is 0 Å². The number of rotatable bonds is 2. The van der Waals surface area contributed by atoms with Crippen LogP contribution < -0.4 is 0 Å². The first-order valence-corrected chi connectivity index (χ1v) is 9.24. The van der Waals surface area contributed by atoms with Crippen molar-refractivity contribution >= 4 is 0 Å². The van der Waals surface area contributed by atoms with E-state index in [2.05, 4.69) is 19.9 Å². The molecule has 0 N–H and O–H groups in total. The van der Waals surface area contributed by atoms with E-state index in [0.29, 0.717) is 0 Å². The molecular weight excluding hydrogens is 344 g/mol. The summed E-state index contributed by atoms with van der Waals surface area (Å²) in [5.74, 6) is 0. The van der Waals surface area contributed by atoms with E-state index in [0.717, 1.165) is 34.2 Å². The Labute approximate surface area is 166 Å². The molecular formula is C24H24N4. The molecule has 0 amide bonds. The van der Waals surface area contributed by atoms with Crippen LogP contribution in [0.1, 0.15) is 22.5 Å². The summed E-state index contributed by atoms with van der Waals surface area (Å²) >= 11 is 0. The normalized spacial score (nSPS) is 10.1. The van der Waals surface area contributed by atoms with E-state index in [1.54, 1.807) is 0 Å². The van der Waals surface area contributed by atoms with Gasteiger partial charge in [-0.15, -0.1) is 0 Å². The van der Waals surface area contributed by atoms with Crippen LogP contribution >= 0.6 is 0 Å². The van der Waals surface area contributed by atoms with Crippen LogP contribution in [0.2, 0.25) is 0 Å². The minimum absolute atomic E-state index is 0.926. The summed E-state index contributed by atoms with van der Waals surface area (Å²) in [6.07, 6.45) is 3.72. The van der Waals surface area contributed by atoms with Crippen molar-refractivity contribution < 1.29 is 0 Å². The summed E-state index contributed by atoms with van der Waals surface area (Å²) in [5.41, 5.74) is 8.10. The van der Waals surface area contributed by atoms with E-state index in [1.807, 2.05) is 101 Å². The van der Waals surface area contributed by atoms with Gasteiger partial charge in [0, 0.05) is 23.8 Å². The van der Waals surface area contributed by atoms with Crippen LogP contribution in [-0.2, 0) is 0 Å². The van der Waals surface area contributed by atoms with E-state index in [1.165, 1.54) is 11.1 Å². The van der Waals surface area contributed by atoms with E-state index in [9.17, 15) is 0 Å². The van der Waals surface area contributed by atoms with Gasteiger partial charge in [-0.25, -0.2) is 0 Å². The molecule has 0 unspecified atom stereocenters. The first-order valence-electron chi connectivity index (χ1n) is 9.24. The third-order valence-corrected chi connectivity index (χ3v) is 4.12. The Bertz CT molecular complexity index is 952. The third kappa shape index (κ3) is 5.30. The van der Waals surface area contributed by atoms with Crippen LogP contribution in [0.3, 0.4) is 0 Å². The average molecular weight is 368 g/mol. The Morgan fingerprint density at radius 3 is 1.21 bits per heavy atom. The summed E-state index contributed by atoms with van der Waals surface area (Å²) in [4.78, 5) is 17.5. The SMILES string of the molecule is Cc1ccc(-c2ccc(C)cn2)nc1.Cc1cccc(-c2cccc(C)n2)n1. The molecule has 0 saturated carbocycles. The lowest BCUT2D eigenvalue weighted by Gasteiger charge is -2.01. The topological polar surface area (TPSA) is 51.6 Å². The molecule has 0 aliphatic carbocycles. The Kier molecular flexibility index (Phi) is 6.22. The minimum Gasteiger partial charge on any atom is -0.254 e. The Morgan fingerprint density at radius 2 is 0.893 bits per heavy atom. The molecule has 4 nitrogen and oxygen atoms in total. The first kappa shape index (κ1) is 19.4. The number of pyridine rings is 4. The van der Waals surface area contributed by atoms with Crippen molar-refractivity contribution in [1.29, 1.82) is 0 Å². The van der Waals surface area contributed by atoms with Crippen LogP contribution in [0.5, 0.6) is 0 Å². The summed E-state index contributed by atoms with van der Waals surface area (Å²) in [6, 6.07) is 20.0. The van der Waals surface area contributed by atoms with Crippen LogP contribution in [0.25, 0.3) is 22.8 Å². The van der Waals surface area contributed by atoms with Gasteiger partial charge in [0.15, 0.2) is 0 Å². The molecule has 0 aromatic carbocycles. The standard InChI is InChI=1S/2C12H12N2/c1-9-3-5-11(13-7-9)12-6-4-10(2)8-14-12;1-9-5-3-7-11(13-9)12-8-4-6-10(2)14-12/h2*3-8H,1-2H3. The van der Waals surface area contributed by atoms with Gasteiger partial charge in [0.2, 0.25) is 0 Å². The molecule has 0 saturated heterocycles. The number of aromatic nitrogens is 4. The molecule has 140 valence electrons. The van der Waals surface area contributed by atoms with Crippen LogP contribution in [-0.4, -0.2) is 19.9 Å². The molecule has 4 aromatic heterocycles. The lowest BCUT2D eigenvalue weighted by molar-refractivity contribution is 1.15. The largest absolute Gasteiger partial charge is 0.254 e. The zero-order chi connectivity index (χ0) is 19.9. The van der Waals surface area contributed by atoms with Gasteiger partial charge in [-0.3, -0.25) is 19.9 Å². The molecule has 0 atom stereocenters. The summed E-state index contributed by atoms with van der Waals surface area (Å²) in [6.45, 7) is 8.03. The molecule has 4 heteroatoms. The van der Waals surface area contributed by atoms with Gasteiger partial charge in [0.25, 0.3) is 0 Å². The highest BCUT2D eigenvalue weighted by atomic mass is 14.8. The van der Waals surface area contributed by atoms with Crippen LogP contribution in [0.4, 0.5) is 0 Å². The van der Waals surface area contributed by atoms with E-state index in [4.69, 9.17) is 0 Å². The smallest absolute Gasteiger partial charge is 0.0889 e. The summed E-state index contributed by atoms with van der Waals surface area (Å²) in [7, 11) is 0. The van der Waals surface area contributed by atoms with E-state index in [-0.39, 0.29) is 0 Å². The zero-order valence-corrected chi connectivity index (χ0v) is 16.7. The van der Waals surface area contributed by atoms with E-state index >= 15 is 0 Å². The second-order valence-electron chi connectivity index (χ2n) is 6.77. The van der Waals surface area contributed by atoms with Crippen molar-refractivity contribution in [3.8, 4) is 22.8 Å². The Morgan fingerprint density at radius 1 is 0.464 bits per heavy atom. The lowest BCUT2D eigenvalue weighted by Crippen LogP contribution is -1.90. The third-order valence-electron chi connectivity index (χ3n) is 4.12. The maximum atomic E-state index is 4.42. The van der Waals surface area contributed by atoms with Crippen molar-refractivity contribution in [2.75, 3.05) is 0 Å². The zero-order valence-electron chi connectivity index (χ0n) is 16.7. The van der Waals surface area contributed by atoms with Crippen molar-refractivity contribution in [3.63, 3.8) is 0 Å². The molecule has 4 rings (SSSR count). The fourth-order valence-corrected chi connectivity index (χ4v) is 2.61. The molecule has 28 heavy (non-hydrogen) atoms. The molecule has 0 radical (unpaired) electrons. The highest BCUT2D eigenvalue weighted by Gasteiger charge is 2.00. The van der Waals surface area contributed by atoms with Gasteiger partial charge in [0.05, 0.1) is 22.8 Å². The summed E-state index contributed by atoms with van der Waals surface area (Å²) < 4.78 is 0. The molecule has 0 aliphatic heterocycles. The van der Waals surface area contributed by atoms with Gasteiger partial charge < -0.3 is 0 Å². The quantitative estimate of drug-likeness (QED) is 0.467. The van der Waals surface area contributed by atoms with Crippen molar-refractivity contribution in [3.05, 3.63) is 95.6 Å². The number of aryl methyl sites for hydroxylation is 4. The predicted octanol–water partition coefficient (Wildman–Crippen LogP) is 5.52. The van der Waals surface area contributed by atoms with Crippen molar-refractivity contribution in [2.45, 2.75) is 27.7 Å². The molecule has 0 aliphatic rings. The average Bonchev–Trinajstić information content (AvgIpc) is 2.70. The molecule has 4 heterocycles. The number of hydrogen-bond donors (Lipinski definition) is 0. The number of nitrogens with zero attached hydrogens (tertiary/aromatic N) is 4. The highest BCUT2D eigenvalue weighted by Crippen LogP contribution is 2.15. The van der Waals surface area contributed by atoms with Gasteiger partial charge in [-0.1, -0.05) is 24.3 Å². The maximum Gasteiger partial charge on any atom is 0.0889 e. The Hall–Kier alpha value is -3.40. The molecule has 0 spiro atoms. The second kappa shape index (κ2) is 9.00. The molecule has 0 bridgehead atoms. The number of hydrogen-bond acceptors (Lipinski definition) is 4. The minimum atomic E-state index is 0.926. The first-order chi connectivity index (χ1) is 13.5. The predicted molar refractivity (Wildman–Crippen MR) is 114 cm³/mol. The fraction of sp³-hybridized carbons (Fsp3) is 0.167. The second-order valence-corrected chi connectivity index (χ2v) is 6.77.